The first-order valence-electron chi connectivity index (χ1n) is 6.65. The Hall–Kier alpha value is -1.79. The van der Waals surface area contributed by atoms with Crippen LogP contribution in [0.3, 0.4) is 0 Å². The zero-order valence-corrected chi connectivity index (χ0v) is 12.7. The molecule has 2 amide bonds. The van der Waals surface area contributed by atoms with Crippen molar-refractivity contribution in [1.82, 2.24) is 10.6 Å². The Labute approximate surface area is 130 Å². The Bertz CT molecular complexity index is 490. The van der Waals surface area contributed by atoms with Gasteiger partial charge in [-0.05, 0) is 37.6 Å². The van der Waals surface area contributed by atoms with Crippen molar-refractivity contribution in [2.45, 2.75) is 18.9 Å². The van der Waals surface area contributed by atoms with E-state index in [2.05, 4.69) is 20.7 Å². The molecule has 1 heterocycles. The molecule has 6 nitrogen and oxygen atoms in total. The van der Waals surface area contributed by atoms with Crippen LogP contribution in [0.5, 0.6) is 0 Å². The number of hydrogen-bond acceptors (Lipinski definition) is 4. The van der Waals surface area contributed by atoms with Crippen molar-refractivity contribution < 1.29 is 14.3 Å². The SMILES string of the molecule is COC(=O)c1cccc(NC(=O)NC[C@@H]2CCCN2)c1.Cl. The number of hydrogen-bond donors (Lipinski definition) is 3. The molecule has 0 aromatic heterocycles. The second-order valence-electron chi connectivity index (χ2n) is 4.70. The molecule has 1 aromatic rings. The van der Waals surface area contributed by atoms with Crippen LogP contribution in [0.25, 0.3) is 0 Å². The van der Waals surface area contributed by atoms with Gasteiger partial charge in [0, 0.05) is 18.3 Å². The number of carbonyl (C=O) groups is 2. The molecule has 1 aliphatic rings. The molecule has 1 aliphatic heterocycles. The number of amides is 2. The highest BCUT2D eigenvalue weighted by Gasteiger charge is 2.14. The maximum Gasteiger partial charge on any atom is 0.337 e. The van der Waals surface area contributed by atoms with Crippen LogP contribution in [0.15, 0.2) is 24.3 Å². The lowest BCUT2D eigenvalue weighted by Crippen LogP contribution is -2.39. The molecule has 2 rings (SSSR count). The number of carbonyl (C=O) groups excluding carboxylic acids is 2. The summed E-state index contributed by atoms with van der Waals surface area (Å²) in [4.78, 5) is 23.1. The van der Waals surface area contributed by atoms with Gasteiger partial charge in [-0.2, -0.15) is 0 Å². The van der Waals surface area contributed by atoms with E-state index in [1.54, 1.807) is 24.3 Å². The zero-order chi connectivity index (χ0) is 14.4. The summed E-state index contributed by atoms with van der Waals surface area (Å²) in [5, 5.41) is 8.81. The summed E-state index contributed by atoms with van der Waals surface area (Å²) >= 11 is 0. The summed E-state index contributed by atoms with van der Waals surface area (Å²) in [6.45, 7) is 1.61. The van der Waals surface area contributed by atoms with Gasteiger partial charge in [-0.15, -0.1) is 12.4 Å². The summed E-state index contributed by atoms with van der Waals surface area (Å²) in [6, 6.07) is 6.71. The molecule has 21 heavy (non-hydrogen) atoms. The number of methoxy groups -OCH3 is 1. The highest BCUT2D eigenvalue weighted by atomic mass is 35.5. The van der Waals surface area contributed by atoms with Crippen LogP contribution in [-0.2, 0) is 4.74 Å². The predicted molar refractivity (Wildman–Crippen MR) is 83.1 cm³/mol. The van der Waals surface area contributed by atoms with E-state index in [4.69, 9.17) is 0 Å². The van der Waals surface area contributed by atoms with Crippen molar-refractivity contribution in [1.29, 1.82) is 0 Å². The highest BCUT2D eigenvalue weighted by molar-refractivity contribution is 5.93. The third kappa shape index (κ3) is 5.24. The highest BCUT2D eigenvalue weighted by Crippen LogP contribution is 2.11. The Morgan fingerprint density at radius 1 is 1.43 bits per heavy atom. The van der Waals surface area contributed by atoms with Gasteiger partial charge in [0.1, 0.15) is 0 Å². The largest absolute Gasteiger partial charge is 0.465 e. The van der Waals surface area contributed by atoms with Crippen LogP contribution in [0.2, 0.25) is 0 Å². The second kappa shape index (κ2) is 8.49. The number of esters is 1. The van der Waals surface area contributed by atoms with E-state index >= 15 is 0 Å². The van der Waals surface area contributed by atoms with Crippen molar-refractivity contribution in [3.05, 3.63) is 29.8 Å². The fourth-order valence-electron chi connectivity index (χ4n) is 2.16. The lowest BCUT2D eigenvalue weighted by molar-refractivity contribution is 0.0600. The van der Waals surface area contributed by atoms with Crippen molar-refractivity contribution in [3.8, 4) is 0 Å². The first-order chi connectivity index (χ1) is 9.69. The van der Waals surface area contributed by atoms with Gasteiger partial charge in [-0.1, -0.05) is 6.07 Å². The summed E-state index contributed by atoms with van der Waals surface area (Å²) in [6.07, 6.45) is 2.23. The minimum absolute atomic E-state index is 0. The molecule has 3 N–H and O–H groups in total. The predicted octanol–water partition coefficient (Wildman–Crippen LogP) is 1.77. The minimum Gasteiger partial charge on any atom is -0.465 e. The summed E-state index contributed by atoms with van der Waals surface area (Å²) in [5.74, 6) is -0.427. The maximum atomic E-state index is 11.8. The average Bonchev–Trinajstić information content (AvgIpc) is 2.98. The first-order valence-corrected chi connectivity index (χ1v) is 6.65. The molecule has 0 radical (unpaired) electrons. The van der Waals surface area contributed by atoms with Crippen LogP contribution in [0.4, 0.5) is 10.5 Å². The molecule has 0 spiro atoms. The molecule has 7 heteroatoms. The molecular weight excluding hydrogens is 294 g/mol. The summed E-state index contributed by atoms with van der Waals surface area (Å²) in [7, 11) is 1.32. The number of benzene rings is 1. The lowest BCUT2D eigenvalue weighted by Gasteiger charge is -2.12. The maximum absolute atomic E-state index is 11.8. The number of anilines is 1. The van der Waals surface area contributed by atoms with E-state index in [9.17, 15) is 9.59 Å². The van der Waals surface area contributed by atoms with Crippen LogP contribution in [0.1, 0.15) is 23.2 Å². The smallest absolute Gasteiger partial charge is 0.337 e. The van der Waals surface area contributed by atoms with Crippen molar-refractivity contribution >= 4 is 30.1 Å². The Kier molecular flexibility index (Phi) is 6.98. The lowest BCUT2D eigenvalue weighted by atomic mass is 10.2. The average molecular weight is 314 g/mol. The van der Waals surface area contributed by atoms with Crippen molar-refractivity contribution in [2.75, 3.05) is 25.5 Å². The van der Waals surface area contributed by atoms with Crippen LogP contribution < -0.4 is 16.0 Å². The second-order valence-corrected chi connectivity index (χ2v) is 4.70. The number of halogens is 1. The quantitative estimate of drug-likeness (QED) is 0.740. The topological polar surface area (TPSA) is 79.5 Å². The molecule has 116 valence electrons. The van der Waals surface area contributed by atoms with E-state index < -0.39 is 5.97 Å². The number of ether oxygens (including phenoxy) is 1. The summed E-state index contributed by atoms with van der Waals surface area (Å²) in [5.41, 5.74) is 0.965. The molecule has 0 saturated carbocycles. The Balaban J connectivity index is 0.00000220. The van der Waals surface area contributed by atoms with Gasteiger partial charge in [0.25, 0.3) is 0 Å². The van der Waals surface area contributed by atoms with Gasteiger partial charge in [-0.25, -0.2) is 9.59 Å². The normalized spacial score (nSPS) is 16.7. The Morgan fingerprint density at radius 3 is 2.90 bits per heavy atom. The fourth-order valence-corrected chi connectivity index (χ4v) is 2.16. The first kappa shape index (κ1) is 17.3. The molecular formula is C14H20ClN3O3. The molecule has 1 saturated heterocycles. The van der Waals surface area contributed by atoms with Gasteiger partial charge in [0.15, 0.2) is 0 Å². The molecule has 0 aliphatic carbocycles. The van der Waals surface area contributed by atoms with E-state index in [0.29, 0.717) is 23.8 Å². The van der Waals surface area contributed by atoms with Gasteiger partial charge >= 0.3 is 12.0 Å². The number of urea groups is 1. The van der Waals surface area contributed by atoms with Gasteiger partial charge in [-0.3, -0.25) is 0 Å². The zero-order valence-electron chi connectivity index (χ0n) is 11.8. The van der Waals surface area contributed by atoms with E-state index in [0.717, 1.165) is 19.4 Å². The van der Waals surface area contributed by atoms with Crippen molar-refractivity contribution in [2.24, 2.45) is 0 Å². The van der Waals surface area contributed by atoms with E-state index in [-0.39, 0.29) is 18.4 Å². The fraction of sp³-hybridized carbons (Fsp3) is 0.429. The van der Waals surface area contributed by atoms with Crippen molar-refractivity contribution in [3.63, 3.8) is 0 Å². The molecule has 0 unspecified atom stereocenters. The summed E-state index contributed by atoms with van der Waals surface area (Å²) < 4.78 is 4.64. The van der Waals surface area contributed by atoms with Gasteiger partial charge in [0.2, 0.25) is 0 Å². The van der Waals surface area contributed by atoms with Crippen LogP contribution in [0, 0.1) is 0 Å². The number of rotatable bonds is 4. The standard InChI is InChI=1S/C14H19N3O3.ClH/c1-20-13(18)10-4-2-5-11(8-10)17-14(19)16-9-12-6-3-7-15-12;/h2,4-5,8,12,15H,3,6-7,9H2,1H3,(H2,16,17,19);1H/t12-;/m0./s1. The monoisotopic (exact) mass is 313 g/mol. The van der Waals surface area contributed by atoms with E-state index in [1.807, 2.05) is 0 Å². The molecule has 1 fully saturated rings. The number of nitrogens with one attached hydrogen (secondary N) is 3. The molecule has 1 atom stereocenters. The van der Waals surface area contributed by atoms with Crippen LogP contribution in [-0.4, -0.2) is 38.2 Å². The van der Waals surface area contributed by atoms with Gasteiger partial charge < -0.3 is 20.7 Å². The van der Waals surface area contributed by atoms with Gasteiger partial charge in [0.05, 0.1) is 12.7 Å². The van der Waals surface area contributed by atoms with Crippen LogP contribution >= 0.6 is 12.4 Å². The Morgan fingerprint density at radius 2 is 2.24 bits per heavy atom. The minimum atomic E-state index is -0.427. The molecule has 1 aromatic carbocycles. The third-order valence-corrected chi connectivity index (χ3v) is 3.21. The molecule has 0 bridgehead atoms. The van der Waals surface area contributed by atoms with E-state index in [1.165, 1.54) is 7.11 Å². The third-order valence-electron chi connectivity index (χ3n) is 3.21.